The average molecular weight is 388 g/mol. The van der Waals surface area contributed by atoms with Crippen LogP contribution in [0.15, 0.2) is 59.8 Å². The molecule has 5 nitrogen and oxygen atoms in total. The van der Waals surface area contributed by atoms with Crippen LogP contribution in [0, 0.1) is 5.82 Å². The van der Waals surface area contributed by atoms with Crippen LogP contribution in [0.3, 0.4) is 0 Å². The largest absolute Gasteiger partial charge is 0.493 e. The molecule has 0 saturated heterocycles. The Morgan fingerprint density at radius 3 is 2.44 bits per heavy atom. The van der Waals surface area contributed by atoms with E-state index in [1.807, 2.05) is 34.9 Å². The van der Waals surface area contributed by atoms with Gasteiger partial charge in [0.05, 0.1) is 20.7 Å². The maximum atomic E-state index is 13.4. The smallest absolute Gasteiger partial charge is 0.196 e. The maximum Gasteiger partial charge on any atom is 0.196 e. The molecule has 0 aliphatic carbocycles. The number of nitrogens with zero attached hydrogens (tertiary/aromatic N) is 3. The van der Waals surface area contributed by atoms with Crippen LogP contribution in [0.4, 0.5) is 4.39 Å². The molecule has 142 valence electrons. The summed E-state index contributed by atoms with van der Waals surface area (Å²) >= 11 is 1.58. The molecule has 0 radical (unpaired) electrons. The van der Waals surface area contributed by atoms with Crippen molar-refractivity contribution in [3.8, 4) is 11.4 Å². The zero-order chi connectivity index (χ0) is 19.2. The summed E-state index contributed by atoms with van der Waals surface area (Å²) in [5.41, 5.74) is 0.857. The van der Waals surface area contributed by atoms with E-state index < -0.39 is 0 Å². The summed E-state index contributed by atoms with van der Waals surface area (Å²) in [6, 6.07) is 16.3. The number of rotatable bonds is 8. The van der Waals surface area contributed by atoms with Gasteiger partial charge in [0, 0.05) is 11.4 Å². The summed E-state index contributed by atoms with van der Waals surface area (Å²) in [6.07, 6.45) is 0. The predicted octanol–water partition coefficient (Wildman–Crippen LogP) is 2.78. The van der Waals surface area contributed by atoms with E-state index >= 15 is 0 Å². The second-order valence-corrected chi connectivity index (χ2v) is 7.52. The molecule has 0 bridgehead atoms. The lowest BCUT2D eigenvalue weighted by Gasteiger charge is -2.18. The highest BCUT2D eigenvalue weighted by atomic mass is 32.2. The molecule has 0 spiro atoms. The second-order valence-electron chi connectivity index (χ2n) is 6.46. The molecule has 1 aromatic heterocycles. The Bertz CT molecular complexity index is 852. The van der Waals surface area contributed by atoms with Crippen LogP contribution < -0.4 is 9.64 Å². The summed E-state index contributed by atoms with van der Waals surface area (Å²) in [4.78, 5) is 1.25. The third-order valence-corrected chi connectivity index (χ3v) is 5.22. The van der Waals surface area contributed by atoms with E-state index in [9.17, 15) is 4.39 Å². The van der Waals surface area contributed by atoms with Crippen molar-refractivity contribution in [2.24, 2.45) is 0 Å². The zero-order valence-corrected chi connectivity index (χ0v) is 16.5. The first-order valence-corrected chi connectivity index (χ1v) is 9.86. The van der Waals surface area contributed by atoms with Crippen molar-refractivity contribution < 1.29 is 14.0 Å². The van der Waals surface area contributed by atoms with Gasteiger partial charge >= 0.3 is 0 Å². The van der Waals surface area contributed by atoms with Crippen molar-refractivity contribution in [3.63, 3.8) is 0 Å². The Morgan fingerprint density at radius 2 is 1.78 bits per heavy atom. The van der Waals surface area contributed by atoms with Gasteiger partial charge in [-0.2, -0.15) is 0 Å². The fourth-order valence-corrected chi connectivity index (χ4v) is 3.33. The molecule has 0 unspecified atom stereocenters. The molecule has 27 heavy (non-hydrogen) atoms. The number of quaternary nitrogens is 1. The van der Waals surface area contributed by atoms with Crippen molar-refractivity contribution >= 4 is 11.8 Å². The third kappa shape index (κ3) is 4.87. The Balaban J connectivity index is 1.76. The zero-order valence-electron chi connectivity index (χ0n) is 15.7. The lowest BCUT2D eigenvalue weighted by molar-refractivity contribution is -0.890. The number of para-hydroxylation sites is 1. The summed E-state index contributed by atoms with van der Waals surface area (Å²) in [5.74, 6) is 2.18. The van der Waals surface area contributed by atoms with Crippen molar-refractivity contribution in [3.05, 3.63) is 66.2 Å². The van der Waals surface area contributed by atoms with E-state index in [0.29, 0.717) is 6.61 Å². The summed E-state index contributed by atoms with van der Waals surface area (Å²) in [5, 5.41) is 9.57. The van der Waals surface area contributed by atoms with E-state index in [2.05, 4.69) is 31.2 Å². The number of hydrogen-bond acceptors (Lipinski definition) is 4. The van der Waals surface area contributed by atoms with Gasteiger partial charge in [0.1, 0.15) is 17.6 Å². The highest BCUT2D eigenvalue weighted by Crippen LogP contribution is 2.24. The SMILES string of the molecule is C[C@H](c1nnc(SCCOc2ccccc2)n1-c1ccc(F)cc1)[NH+](C)C. The molecular weight excluding hydrogens is 363 g/mol. The maximum absolute atomic E-state index is 13.4. The fraction of sp³-hybridized carbons (Fsp3) is 0.300. The number of aromatic nitrogens is 3. The molecule has 0 saturated carbocycles. The van der Waals surface area contributed by atoms with Gasteiger partial charge in [0.25, 0.3) is 0 Å². The Labute approximate surface area is 163 Å². The molecule has 3 rings (SSSR count). The topological polar surface area (TPSA) is 44.4 Å². The molecule has 1 N–H and O–H groups in total. The second kappa shape index (κ2) is 9.01. The standard InChI is InChI=1S/C20H23FN4OS/c1-15(24(2)3)19-22-23-20(25(19)17-11-9-16(21)10-12-17)27-14-13-26-18-7-5-4-6-8-18/h4-12,15H,13-14H2,1-3H3/p+1/t15-/m1/s1. The lowest BCUT2D eigenvalue weighted by atomic mass is 10.2. The summed E-state index contributed by atoms with van der Waals surface area (Å²) < 4.78 is 21.1. The van der Waals surface area contributed by atoms with Gasteiger partial charge in [0.15, 0.2) is 11.0 Å². The highest BCUT2D eigenvalue weighted by molar-refractivity contribution is 7.99. The Morgan fingerprint density at radius 1 is 1.07 bits per heavy atom. The lowest BCUT2D eigenvalue weighted by Crippen LogP contribution is -3.05. The van der Waals surface area contributed by atoms with Gasteiger partial charge < -0.3 is 9.64 Å². The molecule has 3 aromatic rings. The highest BCUT2D eigenvalue weighted by Gasteiger charge is 2.23. The molecule has 7 heteroatoms. The van der Waals surface area contributed by atoms with E-state index in [1.165, 1.54) is 17.0 Å². The minimum absolute atomic E-state index is 0.150. The first kappa shape index (κ1) is 19.4. The minimum atomic E-state index is -0.259. The van der Waals surface area contributed by atoms with Gasteiger partial charge in [-0.25, -0.2) is 4.39 Å². The molecular formula is C20H24FN4OS+. The summed E-state index contributed by atoms with van der Waals surface area (Å²) in [6.45, 7) is 2.67. The van der Waals surface area contributed by atoms with Crippen LogP contribution >= 0.6 is 11.8 Å². The van der Waals surface area contributed by atoms with E-state index in [1.54, 1.807) is 23.9 Å². The molecule has 2 aromatic carbocycles. The summed E-state index contributed by atoms with van der Waals surface area (Å²) in [7, 11) is 4.16. The average Bonchev–Trinajstić information content (AvgIpc) is 3.09. The van der Waals surface area contributed by atoms with Crippen LogP contribution in [0.25, 0.3) is 5.69 Å². The van der Waals surface area contributed by atoms with Crippen LogP contribution in [-0.2, 0) is 0 Å². The fourth-order valence-electron chi connectivity index (χ4n) is 2.56. The molecule has 1 atom stereocenters. The number of benzene rings is 2. The van der Waals surface area contributed by atoms with Crippen LogP contribution in [0.5, 0.6) is 5.75 Å². The normalized spacial score (nSPS) is 12.3. The van der Waals surface area contributed by atoms with Crippen LogP contribution in [-0.4, -0.2) is 41.2 Å². The van der Waals surface area contributed by atoms with Crippen LogP contribution in [0.2, 0.25) is 0 Å². The molecule has 0 aliphatic rings. The van der Waals surface area contributed by atoms with E-state index in [4.69, 9.17) is 4.74 Å². The third-order valence-electron chi connectivity index (χ3n) is 4.32. The van der Waals surface area contributed by atoms with E-state index in [-0.39, 0.29) is 11.9 Å². The van der Waals surface area contributed by atoms with Gasteiger partial charge in [0.2, 0.25) is 0 Å². The Kier molecular flexibility index (Phi) is 6.47. The minimum Gasteiger partial charge on any atom is -0.493 e. The molecule has 0 fully saturated rings. The van der Waals surface area contributed by atoms with Crippen molar-refractivity contribution in [2.75, 3.05) is 26.5 Å². The monoisotopic (exact) mass is 387 g/mol. The first-order chi connectivity index (χ1) is 13.1. The molecule has 0 aliphatic heterocycles. The molecule has 0 amide bonds. The van der Waals surface area contributed by atoms with Gasteiger partial charge in [-0.05, 0) is 43.3 Å². The van der Waals surface area contributed by atoms with Gasteiger partial charge in [-0.15, -0.1) is 10.2 Å². The predicted molar refractivity (Wildman–Crippen MR) is 105 cm³/mol. The van der Waals surface area contributed by atoms with Gasteiger partial charge in [-0.1, -0.05) is 30.0 Å². The number of nitrogens with one attached hydrogen (secondary N) is 1. The van der Waals surface area contributed by atoms with Crippen molar-refractivity contribution in [1.29, 1.82) is 0 Å². The number of halogens is 1. The number of ether oxygens (including phenoxy) is 1. The number of thioether (sulfide) groups is 1. The first-order valence-electron chi connectivity index (χ1n) is 8.88. The number of hydrogen-bond donors (Lipinski definition) is 1. The quantitative estimate of drug-likeness (QED) is 0.477. The molecule has 1 heterocycles. The van der Waals surface area contributed by atoms with Gasteiger partial charge in [-0.3, -0.25) is 4.57 Å². The van der Waals surface area contributed by atoms with Crippen LogP contribution in [0.1, 0.15) is 18.8 Å². The van der Waals surface area contributed by atoms with E-state index in [0.717, 1.165) is 28.2 Å². The Hall–Kier alpha value is -2.38. The van der Waals surface area contributed by atoms with Crippen molar-refractivity contribution in [1.82, 2.24) is 14.8 Å². The van der Waals surface area contributed by atoms with Crippen molar-refractivity contribution in [2.45, 2.75) is 18.1 Å².